The Morgan fingerprint density at radius 2 is 1.34 bits per heavy atom. The fraction of sp³-hybridized carbons (Fsp3) is 0.379. The number of hydrogen-bond donors (Lipinski definition) is 1. The van der Waals surface area contributed by atoms with Crippen LogP contribution in [0.2, 0.25) is 0 Å². The van der Waals surface area contributed by atoms with Crippen LogP contribution in [0.1, 0.15) is 140 Å². The largest absolute Gasteiger partial charge is 0.501 e. The summed E-state index contributed by atoms with van der Waals surface area (Å²) in [6.45, 7) is 36.3. The van der Waals surface area contributed by atoms with Crippen molar-refractivity contribution in [3.63, 3.8) is 0 Å². The molecule has 0 unspecified atom stereocenters. The second-order valence-corrected chi connectivity index (χ2v) is 19.6. The Hall–Kier alpha value is -6.43. The molecule has 2 heterocycles. The maximum atomic E-state index is 14.4. The number of esters is 1. The van der Waals surface area contributed by atoms with E-state index in [2.05, 4.69) is 66.6 Å². The third-order valence-corrected chi connectivity index (χ3v) is 9.35. The van der Waals surface area contributed by atoms with E-state index < -0.39 is 29.1 Å². The van der Waals surface area contributed by atoms with Crippen LogP contribution in [0, 0.1) is 29.9 Å². The molecule has 0 amide bonds. The van der Waals surface area contributed by atoms with Crippen molar-refractivity contribution in [2.24, 2.45) is 11.3 Å². The van der Waals surface area contributed by atoms with Crippen molar-refractivity contribution >= 4 is 39.1 Å². The number of alkyl halides is 3. The van der Waals surface area contributed by atoms with Gasteiger partial charge >= 0.3 is 12.1 Å². The van der Waals surface area contributed by atoms with Crippen molar-refractivity contribution in [1.82, 2.24) is 9.55 Å². The number of allylic oxidation sites excluding steroid dienone is 10. The average Bonchev–Trinajstić information content (AvgIpc) is 3.82. The second kappa shape index (κ2) is 27.7. The van der Waals surface area contributed by atoms with Crippen LogP contribution >= 0.6 is 0 Å². The molecular formula is C58H75F5N2O5. The third-order valence-electron chi connectivity index (χ3n) is 9.35. The van der Waals surface area contributed by atoms with Crippen LogP contribution in [0.25, 0.3) is 27.4 Å². The minimum atomic E-state index is -4.62. The summed E-state index contributed by atoms with van der Waals surface area (Å²) >= 11 is 0. The predicted molar refractivity (Wildman–Crippen MR) is 280 cm³/mol. The maximum absolute atomic E-state index is 14.4. The summed E-state index contributed by atoms with van der Waals surface area (Å²) < 4.78 is 86.4. The van der Waals surface area contributed by atoms with Gasteiger partial charge in [0.25, 0.3) is 0 Å². The number of H-pyrrole nitrogens is 1. The van der Waals surface area contributed by atoms with Gasteiger partial charge in [-0.15, -0.1) is 0 Å². The molecule has 70 heavy (non-hydrogen) atoms. The molecule has 382 valence electrons. The first-order valence-corrected chi connectivity index (χ1v) is 22.9. The van der Waals surface area contributed by atoms with Crippen molar-refractivity contribution in [1.29, 1.82) is 0 Å². The van der Waals surface area contributed by atoms with Gasteiger partial charge in [-0.3, -0.25) is 4.79 Å². The Balaban J connectivity index is 0.000000613. The molecule has 0 atom stereocenters. The van der Waals surface area contributed by atoms with E-state index in [1.807, 2.05) is 26.0 Å². The lowest BCUT2D eigenvalue weighted by Crippen LogP contribution is -2.26. The number of aromatic amines is 1. The molecule has 0 saturated heterocycles. The van der Waals surface area contributed by atoms with Crippen molar-refractivity contribution in [2.45, 2.75) is 122 Å². The lowest BCUT2D eigenvalue weighted by atomic mass is 9.98. The van der Waals surface area contributed by atoms with Gasteiger partial charge in [-0.25, -0.2) is 13.6 Å². The topological polar surface area (TPSA) is 82.5 Å². The van der Waals surface area contributed by atoms with Crippen LogP contribution in [-0.2, 0) is 26.9 Å². The quantitative estimate of drug-likeness (QED) is 0.0469. The van der Waals surface area contributed by atoms with E-state index in [1.165, 1.54) is 44.4 Å². The number of nitrogens with one attached hydrogen (secondary N) is 1. The van der Waals surface area contributed by atoms with Gasteiger partial charge in [0.2, 0.25) is 0 Å². The minimum Gasteiger partial charge on any atom is -0.501 e. The van der Waals surface area contributed by atoms with Crippen molar-refractivity contribution in [3.05, 3.63) is 173 Å². The van der Waals surface area contributed by atoms with Gasteiger partial charge < -0.3 is 23.8 Å². The smallest absolute Gasteiger partial charge is 0.416 e. The number of methoxy groups -OCH3 is 2. The standard InChI is InChI=1S/C30H31F4NO3.C10H8FNO.C9H14O.C5H12.C4H10/c1-8-9-12-22(19(3)37-7)26-23-16-21(30(32,33)34)14-15-25(23)35(27(26)28(36)38-29(4,5)6)17-20-11-10-13-24(31)18(20)2;1-6(13)10-5-7-4-8(11)2-3-9(7)12-10;1-5-6-7-8(2)9(3)10-4;1-5(2,3)4;1-4(2)3/h8-16H,1,17H2,2-7H3;2-5,12H,1H3;5-7H,1H2,2-4H3;1-4H3;4H,1-3H3/b12-9-,22-19-;;7-6-,9-8+;;. The zero-order valence-electron chi connectivity index (χ0n) is 44.3. The normalized spacial score (nSPS) is 12.3. The highest BCUT2D eigenvalue weighted by Crippen LogP contribution is 2.40. The van der Waals surface area contributed by atoms with Gasteiger partial charge in [0.15, 0.2) is 5.78 Å². The third kappa shape index (κ3) is 20.7. The summed E-state index contributed by atoms with van der Waals surface area (Å²) in [5.41, 5.74) is 3.07. The highest BCUT2D eigenvalue weighted by Gasteiger charge is 2.34. The van der Waals surface area contributed by atoms with E-state index in [0.717, 1.165) is 40.3 Å². The molecule has 7 nitrogen and oxygen atoms in total. The van der Waals surface area contributed by atoms with Crippen LogP contribution in [0.3, 0.4) is 0 Å². The summed E-state index contributed by atoms with van der Waals surface area (Å²) in [7, 11) is 3.10. The zero-order valence-corrected chi connectivity index (χ0v) is 44.3. The molecule has 0 radical (unpaired) electrons. The number of nitrogens with zero attached hydrogens (tertiary/aromatic N) is 1. The number of halogens is 5. The number of carbonyl (C=O) groups is 2. The van der Waals surface area contributed by atoms with E-state index in [1.54, 1.807) is 88.8 Å². The SMILES string of the molecule is C=C/C=C\C(=C(/C)OC)c1c(C(=O)OC(C)(C)C)n(Cc2cccc(F)c2C)c2ccc(C(F)(F)F)cc12.C=C/C=C\C(C)=C(/C)OC.CC(=O)c1cc2cc(F)ccc2[nH]1.CC(C)(C)C.CC(C)C. The van der Waals surface area contributed by atoms with Gasteiger partial charge in [0.1, 0.15) is 28.7 Å². The van der Waals surface area contributed by atoms with Crippen LogP contribution in [-0.4, -0.2) is 41.1 Å². The first kappa shape index (κ1) is 61.6. The van der Waals surface area contributed by atoms with Crippen molar-refractivity contribution in [3.8, 4) is 0 Å². The van der Waals surface area contributed by atoms with E-state index >= 15 is 0 Å². The highest BCUT2D eigenvalue weighted by molar-refractivity contribution is 6.07. The molecule has 0 aliphatic heterocycles. The number of fused-ring (bicyclic) bond motifs is 2. The van der Waals surface area contributed by atoms with Gasteiger partial charge in [-0.05, 0) is 125 Å². The Kier molecular flexibility index (Phi) is 24.4. The lowest BCUT2D eigenvalue weighted by Gasteiger charge is -2.22. The first-order chi connectivity index (χ1) is 32.3. The van der Waals surface area contributed by atoms with E-state index in [0.29, 0.717) is 39.1 Å². The van der Waals surface area contributed by atoms with Crippen LogP contribution in [0.15, 0.2) is 127 Å². The molecule has 12 heteroatoms. The average molecular weight is 975 g/mol. The number of hydrogen-bond acceptors (Lipinski definition) is 5. The van der Waals surface area contributed by atoms with Crippen molar-refractivity contribution in [2.75, 3.05) is 14.2 Å². The Bertz CT molecular complexity index is 2670. The minimum absolute atomic E-state index is 0.0184. The summed E-state index contributed by atoms with van der Waals surface area (Å²) in [5.74, 6) is 0.643. The first-order valence-electron chi connectivity index (χ1n) is 22.9. The zero-order chi connectivity index (χ0) is 53.9. The number of ether oxygens (including phenoxy) is 3. The number of benzene rings is 3. The molecule has 3 aromatic carbocycles. The summed E-state index contributed by atoms with van der Waals surface area (Å²) in [5, 5.41) is 0.903. The number of Topliss-reactive ketones (excluding diaryl/α,β-unsaturated/α-hetero) is 1. The van der Waals surface area contributed by atoms with Gasteiger partial charge in [0, 0.05) is 46.4 Å². The molecule has 0 spiro atoms. The monoisotopic (exact) mass is 975 g/mol. The lowest BCUT2D eigenvalue weighted by molar-refractivity contribution is -0.137. The summed E-state index contributed by atoms with van der Waals surface area (Å²) in [6, 6.07) is 13.9. The Morgan fingerprint density at radius 1 is 0.786 bits per heavy atom. The number of rotatable bonds is 11. The summed E-state index contributed by atoms with van der Waals surface area (Å²) in [4.78, 5) is 27.6. The molecule has 1 N–H and O–H groups in total. The molecule has 0 aliphatic rings. The van der Waals surface area contributed by atoms with E-state index in [9.17, 15) is 31.5 Å². The predicted octanol–water partition coefficient (Wildman–Crippen LogP) is 17.1. The van der Waals surface area contributed by atoms with E-state index in [4.69, 9.17) is 14.2 Å². The van der Waals surface area contributed by atoms with Crippen LogP contribution in [0.4, 0.5) is 22.0 Å². The fourth-order valence-corrected chi connectivity index (χ4v) is 5.94. The molecule has 5 rings (SSSR count). The molecular weight excluding hydrogens is 900 g/mol. The molecule has 2 aromatic heterocycles. The molecule has 0 bridgehead atoms. The molecule has 0 saturated carbocycles. The molecule has 0 fully saturated rings. The highest BCUT2D eigenvalue weighted by atomic mass is 19.4. The summed E-state index contributed by atoms with van der Waals surface area (Å²) in [6.07, 6.45) is 5.70. The second-order valence-electron chi connectivity index (χ2n) is 19.6. The molecule has 5 aromatic rings. The number of aromatic nitrogens is 2. The van der Waals surface area contributed by atoms with Gasteiger partial charge in [-0.1, -0.05) is 110 Å². The fourth-order valence-electron chi connectivity index (χ4n) is 5.94. The number of ketones is 1. The van der Waals surface area contributed by atoms with Crippen LogP contribution in [0.5, 0.6) is 0 Å². The van der Waals surface area contributed by atoms with Crippen molar-refractivity contribution < 1.29 is 45.8 Å². The van der Waals surface area contributed by atoms with E-state index in [-0.39, 0.29) is 34.8 Å². The van der Waals surface area contributed by atoms with Gasteiger partial charge in [0.05, 0.1) is 31.2 Å². The maximum Gasteiger partial charge on any atom is 0.416 e. The van der Waals surface area contributed by atoms with Crippen LogP contribution < -0.4 is 0 Å². The number of carbonyl (C=O) groups excluding carboxylic acids is 2. The molecule has 0 aliphatic carbocycles. The Morgan fingerprint density at radius 3 is 1.84 bits per heavy atom. The Labute approximate surface area is 413 Å². The van der Waals surface area contributed by atoms with Gasteiger partial charge in [-0.2, -0.15) is 13.2 Å².